The summed E-state index contributed by atoms with van der Waals surface area (Å²) in [6.45, 7) is 4.73. The minimum absolute atomic E-state index is 0.0505. The number of aromatic nitrogens is 4. The number of carbonyl (C=O) groups excluding carboxylic acids is 1. The molecule has 2 aromatic heterocycles. The van der Waals surface area contributed by atoms with Gasteiger partial charge in [-0.05, 0) is 67.9 Å². The van der Waals surface area contributed by atoms with Crippen molar-refractivity contribution in [1.82, 2.24) is 25.3 Å². The van der Waals surface area contributed by atoms with Gasteiger partial charge >= 0.3 is 0 Å². The number of carbonyl (C=O) groups is 1. The van der Waals surface area contributed by atoms with E-state index in [1.165, 1.54) is 18.4 Å². The molecule has 0 atom stereocenters. The molecule has 1 amide bonds. The molecule has 36 heavy (non-hydrogen) atoms. The predicted octanol–water partition coefficient (Wildman–Crippen LogP) is 3.57. The van der Waals surface area contributed by atoms with Gasteiger partial charge in [-0.25, -0.2) is 0 Å². The monoisotopic (exact) mass is 483 g/mol. The van der Waals surface area contributed by atoms with Gasteiger partial charge in [-0.2, -0.15) is 5.10 Å². The Bertz CT molecular complexity index is 1150. The molecule has 1 aliphatic carbocycles. The van der Waals surface area contributed by atoms with E-state index in [4.69, 9.17) is 0 Å². The predicted molar refractivity (Wildman–Crippen MR) is 139 cm³/mol. The molecule has 3 aromatic rings. The maximum atomic E-state index is 13.0. The highest BCUT2D eigenvalue weighted by Crippen LogP contribution is 2.38. The van der Waals surface area contributed by atoms with Crippen LogP contribution in [-0.4, -0.2) is 70.5 Å². The van der Waals surface area contributed by atoms with Crippen molar-refractivity contribution >= 4 is 17.5 Å². The number of nitrogens with zero attached hydrogens (tertiary/aromatic N) is 7. The first kappa shape index (κ1) is 22.9. The summed E-state index contributed by atoms with van der Waals surface area (Å²) in [6.07, 6.45) is 5.89. The Morgan fingerprint density at radius 1 is 0.694 bits per heavy atom. The van der Waals surface area contributed by atoms with Crippen LogP contribution in [-0.2, 0) is 6.42 Å². The molecule has 186 valence electrons. The molecular weight excluding hydrogens is 450 g/mol. The van der Waals surface area contributed by atoms with E-state index in [1.807, 2.05) is 17.0 Å². The van der Waals surface area contributed by atoms with Crippen LogP contribution in [0.25, 0.3) is 0 Å². The van der Waals surface area contributed by atoms with Crippen LogP contribution >= 0.6 is 0 Å². The molecule has 8 heteroatoms. The van der Waals surface area contributed by atoms with E-state index < -0.39 is 0 Å². The Morgan fingerprint density at radius 2 is 1.36 bits per heavy atom. The highest BCUT2D eigenvalue weighted by molar-refractivity contribution is 5.92. The highest BCUT2D eigenvalue weighted by Gasteiger charge is 2.27. The van der Waals surface area contributed by atoms with Crippen LogP contribution in [0.2, 0.25) is 0 Å². The van der Waals surface area contributed by atoms with E-state index in [0.717, 1.165) is 62.8 Å². The quantitative estimate of drug-likeness (QED) is 0.530. The number of piperidine rings is 1. The molecule has 0 unspecified atom stereocenters. The summed E-state index contributed by atoms with van der Waals surface area (Å²) in [5.74, 6) is 3.02. The van der Waals surface area contributed by atoms with Crippen LogP contribution in [0.4, 0.5) is 11.6 Å². The summed E-state index contributed by atoms with van der Waals surface area (Å²) in [6, 6.07) is 18.7. The first-order valence-electron chi connectivity index (χ1n) is 13.2. The first-order valence-corrected chi connectivity index (χ1v) is 13.2. The van der Waals surface area contributed by atoms with Crippen LogP contribution in [0.1, 0.15) is 53.3 Å². The fourth-order valence-electron chi connectivity index (χ4n) is 5.32. The SMILES string of the molecule is O=C(c1ccc(N2CCC(Cc3ccccc3)CC2)nn1)N1CCN(c2ccc(C3CC3)nn2)CC1. The van der Waals surface area contributed by atoms with Crippen molar-refractivity contribution in [1.29, 1.82) is 0 Å². The normalized spacial score (nSPS) is 18.9. The number of benzene rings is 1. The fraction of sp³-hybridized carbons (Fsp3) is 0.464. The number of hydrogen-bond donors (Lipinski definition) is 0. The Hall–Kier alpha value is -3.55. The third kappa shape index (κ3) is 5.17. The van der Waals surface area contributed by atoms with Gasteiger partial charge in [0.25, 0.3) is 5.91 Å². The zero-order chi connectivity index (χ0) is 24.3. The number of anilines is 2. The van der Waals surface area contributed by atoms with Crippen molar-refractivity contribution in [2.24, 2.45) is 5.92 Å². The zero-order valence-corrected chi connectivity index (χ0v) is 20.7. The van der Waals surface area contributed by atoms with Crippen LogP contribution < -0.4 is 9.80 Å². The first-order chi connectivity index (χ1) is 17.7. The standard InChI is InChI=1S/C28H33N7O/c36-28(35-18-16-34(17-19-35)27-10-8-24(29-31-27)23-6-7-23)25-9-11-26(32-30-25)33-14-12-22(13-15-33)20-21-4-2-1-3-5-21/h1-5,8-11,22-23H,6-7,12-20H2. The Balaban J connectivity index is 0.990. The van der Waals surface area contributed by atoms with Gasteiger partial charge in [-0.1, -0.05) is 30.3 Å². The molecule has 0 N–H and O–H groups in total. The number of piperazine rings is 1. The molecule has 0 radical (unpaired) electrons. The van der Waals surface area contributed by atoms with Crippen LogP contribution in [0, 0.1) is 5.92 Å². The molecule has 3 aliphatic rings. The average molecular weight is 484 g/mol. The highest BCUT2D eigenvalue weighted by atomic mass is 16.2. The smallest absolute Gasteiger partial charge is 0.274 e. The molecular formula is C28H33N7O. The molecule has 6 rings (SSSR count). The molecule has 0 spiro atoms. The molecule has 8 nitrogen and oxygen atoms in total. The van der Waals surface area contributed by atoms with Gasteiger partial charge in [0.15, 0.2) is 17.3 Å². The van der Waals surface area contributed by atoms with E-state index in [9.17, 15) is 4.79 Å². The minimum Gasteiger partial charge on any atom is -0.355 e. The fourth-order valence-corrected chi connectivity index (χ4v) is 5.32. The van der Waals surface area contributed by atoms with Crippen LogP contribution in [0.15, 0.2) is 54.6 Å². The summed E-state index contributed by atoms with van der Waals surface area (Å²) in [7, 11) is 0. The van der Waals surface area contributed by atoms with Crippen molar-refractivity contribution in [3.63, 3.8) is 0 Å². The molecule has 4 heterocycles. The van der Waals surface area contributed by atoms with Gasteiger partial charge in [0.05, 0.1) is 5.69 Å². The summed E-state index contributed by atoms with van der Waals surface area (Å²) in [5.41, 5.74) is 2.93. The number of amides is 1. The molecule has 2 saturated heterocycles. The second-order valence-corrected chi connectivity index (χ2v) is 10.3. The lowest BCUT2D eigenvalue weighted by molar-refractivity contribution is 0.0739. The lowest BCUT2D eigenvalue weighted by Gasteiger charge is -2.35. The van der Waals surface area contributed by atoms with Crippen molar-refractivity contribution in [2.75, 3.05) is 49.1 Å². The number of hydrogen-bond acceptors (Lipinski definition) is 7. The summed E-state index contributed by atoms with van der Waals surface area (Å²) in [4.78, 5) is 19.4. The van der Waals surface area contributed by atoms with Crippen molar-refractivity contribution in [2.45, 2.75) is 38.0 Å². The maximum Gasteiger partial charge on any atom is 0.274 e. The molecule has 1 aromatic carbocycles. The molecule has 2 aliphatic heterocycles. The van der Waals surface area contributed by atoms with Crippen LogP contribution in [0.5, 0.6) is 0 Å². The van der Waals surface area contributed by atoms with Crippen molar-refractivity contribution < 1.29 is 4.79 Å². The van der Waals surface area contributed by atoms with Crippen molar-refractivity contribution in [3.05, 3.63) is 71.5 Å². The van der Waals surface area contributed by atoms with E-state index in [-0.39, 0.29) is 5.91 Å². The van der Waals surface area contributed by atoms with Crippen LogP contribution in [0.3, 0.4) is 0 Å². The lowest BCUT2D eigenvalue weighted by atomic mass is 9.90. The third-order valence-corrected chi connectivity index (χ3v) is 7.73. The average Bonchev–Trinajstić information content (AvgIpc) is 3.80. The summed E-state index contributed by atoms with van der Waals surface area (Å²) >= 11 is 0. The minimum atomic E-state index is -0.0505. The van der Waals surface area contributed by atoms with Gasteiger partial charge in [-0.15, -0.1) is 15.3 Å². The second kappa shape index (κ2) is 10.2. The van der Waals surface area contributed by atoms with Gasteiger partial charge < -0.3 is 14.7 Å². The zero-order valence-electron chi connectivity index (χ0n) is 20.7. The van der Waals surface area contributed by atoms with Gasteiger partial charge in [0, 0.05) is 45.2 Å². The van der Waals surface area contributed by atoms with Crippen molar-refractivity contribution in [3.8, 4) is 0 Å². The third-order valence-electron chi connectivity index (χ3n) is 7.73. The molecule has 1 saturated carbocycles. The Labute approximate surface area is 212 Å². The largest absolute Gasteiger partial charge is 0.355 e. The van der Waals surface area contributed by atoms with Gasteiger partial charge in [0.2, 0.25) is 0 Å². The topological polar surface area (TPSA) is 78.4 Å². The van der Waals surface area contributed by atoms with E-state index in [2.05, 4.69) is 72.7 Å². The summed E-state index contributed by atoms with van der Waals surface area (Å²) < 4.78 is 0. The number of rotatable bonds is 6. The second-order valence-electron chi connectivity index (χ2n) is 10.3. The molecule has 3 fully saturated rings. The maximum absolute atomic E-state index is 13.0. The van der Waals surface area contributed by atoms with Gasteiger partial charge in [0.1, 0.15) is 0 Å². The van der Waals surface area contributed by atoms with E-state index in [1.54, 1.807) is 0 Å². The van der Waals surface area contributed by atoms with Gasteiger partial charge in [-0.3, -0.25) is 4.79 Å². The van der Waals surface area contributed by atoms with E-state index >= 15 is 0 Å². The van der Waals surface area contributed by atoms with E-state index in [0.29, 0.717) is 30.6 Å². The summed E-state index contributed by atoms with van der Waals surface area (Å²) in [5, 5.41) is 17.5. The Kier molecular flexibility index (Phi) is 6.49. The lowest BCUT2D eigenvalue weighted by Crippen LogP contribution is -2.49. The Morgan fingerprint density at radius 3 is 1.97 bits per heavy atom. The molecule has 0 bridgehead atoms.